The van der Waals surface area contributed by atoms with Crippen molar-refractivity contribution in [3.05, 3.63) is 16.4 Å². The number of aryl methyl sites for hydroxylation is 1. The van der Waals surface area contributed by atoms with Crippen molar-refractivity contribution >= 4 is 15.9 Å². The lowest BCUT2D eigenvalue weighted by Gasteiger charge is -2.17. The van der Waals surface area contributed by atoms with Crippen LogP contribution >= 0.6 is 15.9 Å². The fourth-order valence-electron chi connectivity index (χ4n) is 1.39. The predicted molar refractivity (Wildman–Crippen MR) is 59.1 cm³/mol. The highest BCUT2D eigenvalue weighted by Crippen LogP contribution is 2.23. The Hall–Kier alpha value is -0.390. The molecule has 0 saturated heterocycles. The summed E-state index contributed by atoms with van der Waals surface area (Å²) in [6.45, 7) is 3.38. The Bertz CT molecular complexity index is 298. The number of likely N-dealkylation sites (N-methyl/N-ethyl adjacent to an activating group) is 1. The predicted octanol–water partition coefficient (Wildman–Crippen LogP) is 1.26. The zero-order chi connectivity index (χ0) is 10.7. The molecule has 14 heavy (non-hydrogen) atoms. The van der Waals surface area contributed by atoms with E-state index < -0.39 is 6.10 Å². The normalized spacial score (nSPS) is 13.6. The smallest absolute Gasteiger partial charge is 0.109 e. The first-order chi connectivity index (χ1) is 6.56. The van der Waals surface area contributed by atoms with Crippen LogP contribution in [0.2, 0.25) is 0 Å². The van der Waals surface area contributed by atoms with Crippen LogP contribution in [-0.4, -0.2) is 40.4 Å². The molecule has 0 saturated carbocycles. The molecule has 1 aromatic heterocycles. The molecule has 1 unspecified atom stereocenters. The SMILES string of the molecule is CCn1ncc(Br)c1C(O)CN(C)C. The van der Waals surface area contributed by atoms with E-state index in [1.165, 1.54) is 0 Å². The molecule has 0 aliphatic rings. The highest BCUT2D eigenvalue weighted by molar-refractivity contribution is 9.10. The molecule has 1 rings (SSSR count). The molecule has 0 bridgehead atoms. The number of aromatic nitrogens is 2. The zero-order valence-corrected chi connectivity index (χ0v) is 10.3. The molecule has 0 aliphatic heterocycles. The van der Waals surface area contributed by atoms with Gasteiger partial charge in [0.05, 0.1) is 16.4 Å². The highest BCUT2D eigenvalue weighted by Gasteiger charge is 2.17. The van der Waals surface area contributed by atoms with Crippen molar-refractivity contribution in [3.63, 3.8) is 0 Å². The summed E-state index contributed by atoms with van der Waals surface area (Å²) in [7, 11) is 3.87. The summed E-state index contributed by atoms with van der Waals surface area (Å²) in [4.78, 5) is 1.95. The standard InChI is InChI=1S/C9H16BrN3O/c1-4-13-9(7(10)5-11-13)8(14)6-12(2)3/h5,8,14H,4,6H2,1-3H3. The van der Waals surface area contributed by atoms with Crippen molar-refractivity contribution in [1.29, 1.82) is 0 Å². The third kappa shape index (κ3) is 2.56. The summed E-state index contributed by atoms with van der Waals surface area (Å²) in [6.07, 6.45) is 1.22. The Kier molecular flexibility index (Phi) is 4.10. The second-order valence-electron chi connectivity index (χ2n) is 3.47. The number of halogens is 1. The van der Waals surface area contributed by atoms with Crippen molar-refractivity contribution in [2.24, 2.45) is 0 Å². The van der Waals surface area contributed by atoms with Crippen LogP contribution in [0.1, 0.15) is 18.7 Å². The van der Waals surface area contributed by atoms with E-state index >= 15 is 0 Å². The number of aliphatic hydroxyl groups is 1. The quantitative estimate of drug-likeness (QED) is 0.888. The largest absolute Gasteiger partial charge is 0.385 e. The lowest BCUT2D eigenvalue weighted by Crippen LogP contribution is -2.22. The molecule has 0 spiro atoms. The molecule has 0 fully saturated rings. The third-order valence-corrected chi connectivity index (χ3v) is 2.60. The first kappa shape index (κ1) is 11.7. The molecule has 1 heterocycles. The van der Waals surface area contributed by atoms with E-state index in [0.29, 0.717) is 6.54 Å². The van der Waals surface area contributed by atoms with Crippen LogP contribution < -0.4 is 0 Å². The van der Waals surface area contributed by atoms with Crippen molar-refractivity contribution in [2.45, 2.75) is 19.6 Å². The average molecular weight is 262 g/mol. The maximum absolute atomic E-state index is 9.94. The molecular formula is C9H16BrN3O. The van der Waals surface area contributed by atoms with E-state index in [0.717, 1.165) is 16.7 Å². The number of rotatable bonds is 4. The van der Waals surface area contributed by atoms with Crippen LogP contribution in [0, 0.1) is 0 Å². The van der Waals surface area contributed by atoms with E-state index in [-0.39, 0.29) is 0 Å². The van der Waals surface area contributed by atoms with Crippen LogP contribution in [0.3, 0.4) is 0 Å². The minimum absolute atomic E-state index is 0.498. The van der Waals surface area contributed by atoms with E-state index in [1.807, 2.05) is 25.9 Å². The third-order valence-electron chi connectivity index (χ3n) is 1.99. The van der Waals surface area contributed by atoms with Crippen LogP contribution in [-0.2, 0) is 6.54 Å². The van der Waals surface area contributed by atoms with Gasteiger partial charge in [0, 0.05) is 13.1 Å². The second kappa shape index (κ2) is 4.91. The molecule has 1 atom stereocenters. The molecule has 5 heteroatoms. The summed E-state index contributed by atoms with van der Waals surface area (Å²) < 4.78 is 2.67. The Morgan fingerprint density at radius 1 is 1.64 bits per heavy atom. The monoisotopic (exact) mass is 261 g/mol. The molecule has 1 aromatic rings. The molecule has 80 valence electrons. The van der Waals surface area contributed by atoms with Crippen LogP contribution in [0.15, 0.2) is 10.7 Å². The van der Waals surface area contributed by atoms with Gasteiger partial charge in [0.2, 0.25) is 0 Å². The fourth-order valence-corrected chi connectivity index (χ4v) is 1.95. The Balaban J connectivity index is 2.86. The molecule has 0 amide bonds. The van der Waals surface area contributed by atoms with Crippen molar-refractivity contribution in [1.82, 2.24) is 14.7 Å². The summed E-state index contributed by atoms with van der Waals surface area (Å²) in [5.74, 6) is 0. The minimum atomic E-state index is -0.498. The number of aliphatic hydroxyl groups excluding tert-OH is 1. The Morgan fingerprint density at radius 2 is 2.29 bits per heavy atom. The van der Waals surface area contributed by atoms with Gasteiger partial charge >= 0.3 is 0 Å². The number of hydrogen-bond acceptors (Lipinski definition) is 3. The molecular weight excluding hydrogens is 246 g/mol. The summed E-state index contributed by atoms with van der Waals surface area (Å²) in [6, 6.07) is 0. The van der Waals surface area contributed by atoms with Gasteiger partial charge in [0.1, 0.15) is 6.10 Å². The van der Waals surface area contributed by atoms with Gasteiger partial charge in [0.15, 0.2) is 0 Å². The van der Waals surface area contributed by atoms with Gasteiger partial charge in [-0.1, -0.05) is 0 Å². The summed E-state index contributed by atoms with van der Waals surface area (Å²) >= 11 is 3.39. The lowest BCUT2D eigenvalue weighted by molar-refractivity contribution is 0.128. The van der Waals surface area contributed by atoms with Crippen molar-refractivity contribution < 1.29 is 5.11 Å². The van der Waals surface area contributed by atoms with E-state index in [1.54, 1.807) is 10.9 Å². The topological polar surface area (TPSA) is 41.3 Å². The maximum atomic E-state index is 9.94. The van der Waals surface area contributed by atoms with Gasteiger partial charge in [-0.25, -0.2) is 0 Å². The van der Waals surface area contributed by atoms with E-state index in [4.69, 9.17) is 0 Å². The highest BCUT2D eigenvalue weighted by atomic mass is 79.9. The van der Waals surface area contributed by atoms with Crippen molar-refractivity contribution in [2.75, 3.05) is 20.6 Å². The molecule has 0 aromatic carbocycles. The van der Waals surface area contributed by atoms with Gasteiger partial charge < -0.3 is 10.0 Å². The molecule has 1 N–H and O–H groups in total. The lowest BCUT2D eigenvalue weighted by atomic mass is 10.2. The van der Waals surface area contributed by atoms with Gasteiger partial charge in [-0.15, -0.1) is 0 Å². The number of hydrogen-bond donors (Lipinski definition) is 1. The zero-order valence-electron chi connectivity index (χ0n) is 8.74. The van der Waals surface area contributed by atoms with Crippen LogP contribution in [0.5, 0.6) is 0 Å². The number of nitrogens with zero attached hydrogens (tertiary/aromatic N) is 3. The fraction of sp³-hybridized carbons (Fsp3) is 0.667. The van der Waals surface area contributed by atoms with Gasteiger partial charge in [-0.05, 0) is 36.9 Å². The van der Waals surface area contributed by atoms with Crippen LogP contribution in [0.4, 0.5) is 0 Å². The van der Waals surface area contributed by atoms with Gasteiger partial charge in [-0.2, -0.15) is 5.10 Å². The Labute approximate surface area is 92.6 Å². The van der Waals surface area contributed by atoms with Gasteiger partial charge in [-0.3, -0.25) is 4.68 Å². The van der Waals surface area contributed by atoms with Crippen LogP contribution in [0.25, 0.3) is 0 Å². The molecule has 0 aliphatic carbocycles. The molecule has 4 nitrogen and oxygen atoms in total. The first-order valence-corrected chi connectivity index (χ1v) is 5.39. The average Bonchev–Trinajstić information content (AvgIpc) is 2.45. The van der Waals surface area contributed by atoms with Crippen molar-refractivity contribution in [3.8, 4) is 0 Å². The first-order valence-electron chi connectivity index (χ1n) is 4.60. The minimum Gasteiger partial charge on any atom is -0.385 e. The summed E-state index contributed by atoms with van der Waals surface area (Å²) in [5, 5.41) is 14.1. The van der Waals surface area contributed by atoms with Gasteiger partial charge in [0.25, 0.3) is 0 Å². The molecule has 0 radical (unpaired) electrons. The van der Waals surface area contributed by atoms with E-state index in [2.05, 4.69) is 21.0 Å². The Morgan fingerprint density at radius 3 is 2.79 bits per heavy atom. The second-order valence-corrected chi connectivity index (χ2v) is 4.33. The van der Waals surface area contributed by atoms with E-state index in [9.17, 15) is 5.11 Å². The maximum Gasteiger partial charge on any atom is 0.109 e. The summed E-state index contributed by atoms with van der Waals surface area (Å²) in [5.41, 5.74) is 0.848.